The first-order chi connectivity index (χ1) is 12.1. The predicted molar refractivity (Wildman–Crippen MR) is 96.6 cm³/mol. The van der Waals surface area contributed by atoms with Crippen LogP contribution in [0.5, 0.6) is 5.75 Å². The fourth-order valence-electron chi connectivity index (χ4n) is 2.76. The number of hydrogen-bond donors (Lipinski definition) is 1. The molecular weight excluding hydrogens is 319 g/mol. The summed E-state index contributed by atoms with van der Waals surface area (Å²) in [4.78, 5) is 17.8. The molecule has 0 aliphatic rings. The van der Waals surface area contributed by atoms with Crippen LogP contribution in [-0.2, 0) is 0 Å². The molecule has 0 aliphatic carbocycles. The minimum absolute atomic E-state index is 0.0471. The van der Waals surface area contributed by atoms with Crippen molar-refractivity contribution in [2.45, 2.75) is 13.0 Å². The number of H-pyrrole nitrogens is 1. The van der Waals surface area contributed by atoms with Gasteiger partial charge in [-0.1, -0.05) is 30.3 Å². The monoisotopic (exact) mass is 340 g/mol. The van der Waals surface area contributed by atoms with Gasteiger partial charge in [-0.05, 0) is 32.2 Å². The number of carbonyl (C=O) groups excluding carboxylic acids is 1. The summed E-state index contributed by atoms with van der Waals surface area (Å²) in [5.41, 5.74) is 1.63. The van der Waals surface area contributed by atoms with Gasteiger partial charge in [0.1, 0.15) is 6.61 Å². The zero-order valence-electron chi connectivity index (χ0n) is 14.3. The maximum Gasteiger partial charge on any atom is 0.181 e. The number of nitrogens with one attached hydrogen (secondary N) is 1. The van der Waals surface area contributed by atoms with Gasteiger partial charge in [0.25, 0.3) is 0 Å². The quantitative estimate of drug-likeness (QED) is 0.664. The van der Waals surface area contributed by atoms with Gasteiger partial charge in [0.15, 0.2) is 17.3 Å². The van der Waals surface area contributed by atoms with E-state index in [-0.39, 0.29) is 23.4 Å². The Balaban J connectivity index is 1.61. The summed E-state index contributed by atoms with van der Waals surface area (Å²) in [5, 5.41) is 0.926. The smallest absolute Gasteiger partial charge is 0.181 e. The molecule has 1 atom stereocenters. The van der Waals surface area contributed by atoms with Crippen molar-refractivity contribution in [3.63, 3.8) is 0 Å². The molecule has 0 saturated heterocycles. The number of benzene rings is 2. The van der Waals surface area contributed by atoms with Crippen LogP contribution in [-0.4, -0.2) is 41.9 Å². The van der Waals surface area contributed by atoms with Crippen LogP contribution in [0.25, 0.3) is 10.9 Å². The highest BCUT2D eigenvalue weighted by molar-refractivity contribution is 6.10. The van der Waals surface area contributed by atoms with E-state index < -0.39 is 0 Å². The van der Waals surface area contributed by atoms with Crippen molar-refractivity contribution in [3.8, 4) is 5.75 Å². The van der Waals surface area contributed by atoms with Crippen molar-refractivity contribution < 1.29 is 13.9 Å². The van der Waals surface area contributed by atoms with E-state index in [2.05, 4.69) is 4.98 Å². The van der Waals surface area contributed by atoms with Crippen molar-refractivity contribution in [3.05, 3.63) is 66.1 Å². The van der Waals surface area contributed by atoms with Gasteiger partial charge in [0.2, 0.25) is 0 Å². The van der Waals surface area contributed by atoms with Crippen LogP contribution in [0.2, 0.25) is 0 Å². The lowest BCUT2D eigenvalue weighted by molar-refractivity contribution is 0.0854. The van der Waals surface area contributed by atoms with Crippen LogP contribution in [0.15, 0.2) is 54.7 Å². The van der Waals surface area contributed by atoms with Gasteiger partial charge in [-0.15, -0.1) is 0 Å². The third-order valence-corrected chi connectivity index (χ3v) is 4.43. The lowest BCUT2D eigenvalue weighted by atomic mass is 10.0. The number of fused-ring (bicyclic) bond motifs is 1. The summed E-state index contributed by atoms with van der Waals surface area (Å²) < 4.78 is 19.0. The minimum Gasteiger partial charge on any atom is -0.489 e. The molecular formula is C20H21FN2O2. The molecule has 5 heteroatoms. The normalized spacial score (nSPS) is 12.5. The van der Waals surface area contributed by atoms with Crippen LogP contribution in [0.4, 0.5) is 4.39 Å². The van der Waals surface area contributed by atoms with E-state index in [1.807, 2.05) is 43.1 Å². The number of halogens is 1. The average Bonchev–Trinajstić information content (AvgIpc) is 3.06. The molecule has 0 bridgehead atoms. The molecule has 4 nitrogen and oxygen atoms in total. The molecule has 0 spiro atoms. The highest BCUT2D eigenvalue weighted by Crippen LogP contribution is 2.20. The van der Waals surface area contributed by atoms with Crippen molar-refractivity contribution >= 4 is 16.7 Å². The number of nitrogens with zero attached hydrogens (tertiary/aromatic N) is 1. The molecule has 130 valence electrons. The van der Waals surface area contributed by atoms with E-state index in [4.69, 9.17) is 4.74 Å². The third-order valence-electron chi connectivity index (χ3n) is 4.43. The molecule has 0 aliphatic heterocycles. The number of likely N-dealkylation sites (N-methyl/N-ethyl adjacent to an activating group) is 1. The van der Waals surface area contributed by atoms with E-state index in [1.54, 1.807) is 24.4 Å². The van der Waals surface area contributed by atoms with E-state index in [0.29, 0.717) is 18.7 Å². The number of rotatable bonds is 7. The predicted octanol–water partition coefficient (Wildman–Crippen LogP) is 3.89. The van der Waals surface area contributed by atoms with Gasteiger partial charge >= 0.3 is 0 Å². The number of aromatic amines is 1. The molecule has 0 fully saturated rings. The highest BCUT2D eigenvalue weighted by atomic mass is 19.1. The Hall–Kier alpha value is -2.66. The summed E-state index contributed by atoms with van der Waals surface area (Å²) >= 11 is 0. The van der Waals surface area contributed by atoms with E-state index >= 15 is 0 Å². The highest BCUT2D eigenvalue weighted by Gasteiger charge is 2.22. The summed E-state index contributed by atoms with van der Waals surface area (Å²) in [6.45, 7) is 2.69. The van der Waals surface area contributed by atoms with E-state index in [9.17, 15) is 9.18 Å². The SMILES string of the molecule is CC(C(=O)c1c[nH]c2ccccc12)N(C)CCOc1ccccc1F. The van der Waals surface area contributed by atoms with Gasteiger partial charge in [-0.25, -0.2) is 4.39 Å². The van der Waals surface area contributed by atoms with Crippen molar-refractivity contribution in [2.24, 2.45) is 0 Å². The lowest BCUT2D eigenvalue weighted by Gasteiger charge is -2.23. The first-order valence-electron chi connectivity index (χ1n) is 8.26. The second-order valence-electron chi connectivity index (χ2n) is 6.05. The zero-order chi connectivity index (χ0) is 17.8. The molecule has 1 aromatic heterocycles. The van der Waals surface area contributed by atoms with Gasteiger partial charge in [0.05, 0.1) is 6.04 Å². The lowest BCUT2D eigenvalue weighted by Crippen LogP contribution is -2.38. The molecule has 1 heterocycles. The molecule has 3 aromatic rings. The van der Waals surface area contributed by atoms with Crippen molar-refractivity contribution in [2.75, 3.05) is 20.2 Å². The van der Waals surface area contributed by atoms with Crippen molar-refractivity contribution in [1.82, 2.24) is 9.88 Å². The zero-order valence-corrected chi connectivity index (χ0v) is 14.3. The van der Waals surface area contributed by atoms with Crippen LogP contribution in [0.3, 0.4) is 0 Å². The Labute approximate surface area is 146 Å². The van der Waals surface area contributed by atoms with Crippen LogP contribution >= 0.6 is 0 Å². The topological polar surface area (TPSA) is 45.3 Å². The number of ether oxygens (including phenoxy) is 1. The number of aromatic nitrogens is 1. The number of hydrogen-bond acceptors (Lipinski definition) is 3. The largest absolute Gasteiger partial charge is 0.489 e. The minimum atomic E-state index is -0.381. The first-order valence-corrected chi connectivity index (χ1v) is 8.26. The Morgan fingerprint density at radius 3 is 2.72 bits per heavy atom. The Morgan fingerprint density at radius 2 is 1.92 bits per heavy atom. The van der Waals surface area contributed by atoms with Crippen LogP contribution in [0, 0.1) is 5.82 Å². The van der Waals surface area contributed by atoms with Gasteiger partial charge in [-0.2, -0.15) is 0 Å². The maximum atomic E-state index is 13.5. The van der Waals surface area contributed by atoms with Gasteiger partial charge in [-0.3, -0.25) is 9.69 Å². The Kier molecular flexibility index (Phi) is 5.14. The Morgan fingerprint density at radius 1 is 1.20 bits per heavy atom. The van der Waals surface area contributed by atoms with Crippen LogP contribution < -0.4 is 4.74 Å². The summed E-state index contributed by atoms with van der Waals surface area (Å²) in [6.07, 6.45) is 1.76. The molecule has 0 saturated carbocycles. The third kappa shape index (κ3) is 3.72. The maximum absolute atomic E-state index is 13.5. The number of carbonyl (C=O) groups is 1. The molecule has 0 radical (unpaired) electrons. The molecule has 2 aromatic carbocycles. The fraction of sp³-hybridized carbons (Fsp3) is 0.250. The Bertz CT molecular complexity index is 875. The van der Waals surface area contributed by atoms with Crippen molar-refractivity contribution in [1.29, 1.82) is 0 Å². The molecule has 1 unspecified atom stereocenters. The molecule has 3 rings (SSSR count). The summed E-state index contributed by atoms with van der Waals surface area (Å²) in [5.74, 6) is -0.106. The summed E-state index contributed by atoms with van der Waals surface area (Å²) in [6, 6.07) is 13.7. The van der Waals surface area contributed by atoms with E-state index in [0.717, 1.165) is 10.9 Å². The molecule has 0 amide bonds. The second-order valence-corrected chi connectivity index (χ2v) is 6.05. The molecule has 1 N–H and O–H groups in total. The summed E-state index contributed by atoms with van der Waals surface area (Å²) in [7, 11) is 1.86. The number of Topliss-reactive ketones (excluding diaryl/α,β-unsaturated/α-hetero) is 1. The fourth-order valence-corrected chi connectivity index (χ4v) is 2.76. The second kappa shape index (κ2) is 7.49. The standard InChI is InChI=1S/C20H21FN2O2/c1-14(20(24)16-13-22-18-9-5-3-7-15(16)18)23(2)11-12-25-19-10-6-4-8-17(19)21/h3-10,13-14,22H,11-12H2,1-2H3. The van der Waals surface area contributed by atoms with Crippen LogP contribution in [0.1, 0.15) is 17.3 Å². The number of ketones is 1. The average molecular weight is 340 g/mol. The van der Waals surface area contributed by atoms with Gasteiger partial charge in [0, 0.05) is 29.2 Å². The molecule has 25 heavy (non-hydrogen) atoms. The van der Waals surface area contributed by atoms with Gasteiger partial charge < -0.3 is 9.72 Å². The van der Waals surface area contributed by atoms with E-state index in [1.165, 1.54) is 6.07 Å². The number of para-hydroxylation sites is 2. The first kappa shape index (κ1) is 17.2.